The Kier molecular flexibility index (Phi) is 4.61. The first kappa shape index (κ1) is 17.9. The molecule has 1 atom stereocenters. The smallest absolute Gasteiger partial charge is 0.234 e. The maximum Gasteiger partial charge on any atom is 0.234 e. The number of carbonyl (C=O) groups is 1. The summed E-state index contributed by atoms with van der Waals surface area (Å²) in [6.45, 7) is 3.82. The van der Waals surface area contributed by atoms with Crippen molar-refractivity contribution in [2.75, 3.05) is 5.32 Å². The topological polar surface area (TPSA) is 59.3 Å². The van der Waals surface area contributed by atoms with E-state index in [9.17, 15) is 9.18 Å². The van der Waals surface area contributed by atoms with Gasteiger partial charge in [-0.05, 0) is 31.0 Å². The Labute approximate surface area is 161 Å². The van der Waals surface area contributed by atoms with Crippen molar-refractivity contribution in [2.24, 2.45) is 0 Å². The molecule has 0 aliphatic carbocycles. The van der Waals surface area contributed by atoms with Gasteiger partial charge in [-0.25, -0.2) is 14.4 Å². The molecule has 1 N–H and O–H groups in total. The van der Waals surface area contributed by atoms with Crippen molar-refractivity contribution in [2.45, 2.75) is 19.8 Å². The molecule has 6 heteroatoms. The fourth-order valence-corrected chi connectivity index (χ4v) is 3.05. The summed E-state index contributed by atoms with van der Waals surface area (Å²) in [5.74, 6) is -0.361. The second-order valence-corrected chi connectivity index (χ2v) is 6.76. The highest BCUT2D eigenvalue weighted by Gasteiger charge is 2.16. The van der Waals surface area contributed by atoms with Gasteiger partial charge in [-0.2, -0.15) is 0 Å². The molecule has 5 nitrogen and oxygen atoms in total. The summed E-state index contributed by atoms with van der Waals surface area (Å²) >= 11 is 0. The molecule has 140 valence electrons. The summed E-state index contributed by atoms with van der Waals surface area (Å²) in [7, 11) is 0. The van der Waals surface area contributed by atoms with Crippen molar-refractivity contribution in [1.82, 2.24) is 14.4 Å². The van der Waals surface area contributed by atoms with Crippen LogP contribution >= 0.6 is 0 Å². The molecular weight excluding hydrogens is 355 g/mol. The molecular formula is C22H19FN4O. The Morgan fingerprint density at radius 2 is 1.93 bits per heavy atom. The molecule has 28 heavy (non-hydrogen) atoms. The van der Waals surface area contributed by atoms with E-state index in [1.807, 2.05) is 62.4 Å². The van der Waals surface area contributed by atoms with E-state index in [-0.39, 0.29) is 11.8 Å². The van der Waals surface area contributed by atoms with E-state index in [0.717, 1.165) is 28.6 Å². The van der Waals surface area contributed by atoms with Gasteiger partial charge in [0.15, 0.2) is 5.82 Å². The quantitative estimate of drug-likeness (QED) is 0.568. The van der Waals surface area contributed by atoms with Crippen LogP contribution in [0.1, 0.15) is 24.0 Å². The van der Waals surface area contributed by atoms with Crippen molar-refractivity contribution in [3.8, 4) is 11.3 Å². The van der Waals surface area contributed by atoms with Crippen LogP contribution in [0.3, 0.4) is 0 Å². The number of benzene rings is 2. The highest BCUT2D eigenvalue weighted by Crippen LogP contribution is 2.26. The molecule has 1 amide bonds. The number of amides is 1. The molecule has 2 aromatic heterocycles. The average Bonchev–Trinajstić information content (AvgIpc) is 3.12. The number of rotatable bonds is 4. The third kappa shape index (κ3) is 3.49. The lowest BCUT2D eigenvalue weighted by molar-refractivity contribution is -0.117. The fourth-order valence-electron chi connectivity index (χ4n) is 3.05. The van der Waals surface area contributed by atoms with E-state index in [0.29, 0.717) is 11.5 Å². The van der Waals surface area contributed by atoms with Crippen LogP contribution in [0.4, 0.5) is 10.1 Å². The maximum absolute atomic E-state index is 13.4. The van der Waals surface area contributed by atoms with Gasteiger partial charge < -0.3 is 5.32 Å². The van der Waals surface area contributed by atoms with Gasteiger partial charge >= 0.3 is 0 Å². The van der Waals surface area contributed by atoms with Crippen molar-refractivity contribution in [3.05, 3.63) is 84.1 Å². The zero-order chi connectivity index (χ0) is 19.7. The Morgan fingerprint density at radius 1 is 1.14 bits per heavy atom. The number of imidazole rings is 1. The van der Waals surface area contributed by atoms with Crippen LogP contribution in [0.2, 0.25) is 0 Å². The van der Waals surface area contributed by atoms with Gasteiger partial charge in [0.05, 0.1) is 17.8 Å². The second kappa shape index (κ2) is 7.23. The number of aromatic nitrogens is 3. The summed E-state index contributed by atoms with van der Waals surface area (Å²) in [6.07, 6.45) is 4.18. The van der Waals surface area contributed by atoms with E-state index in [1.165, 1.54) is 6.20 Å². The second-order valence-electron chi connectivity index (χ2n) is 6.76. The van der Waals surface area contributed by atoms with Gasteiger partial charge in [-0.15, -0.1) is 0 Å². The van der Waals surface area contributed by atoms with Crippen LogP contribution in [0, 0.1) is 12.7 Å². The van der Waals surface area contributed by atoms with Crippen LogP contribution in [0.15, 0.2) is 67.1 Å². The zero-order valence-electron chi connectivity index (χ0n) is 15.6. The average molecular weight is 374 g/mol. The van der Waals surface area contributed by atoms with Crippen molar-refractivity contribution < 1.29 is 9.18 Å². The molecule has 0 radical (unpaired) electrons. The number of fused-ring (bicyclic) bond motifs is 1. The lowest BCUT2D eigenvalue weighted by atomic mass is 10.00. The monoisotopic (exact) mass is 374 g/mol. The fraction of sp³-hybridized carbons (Fsp3) is 0.136. The summed E-state index contributed by atoms with van der Waals surface area (Å²) in [4.78, 5) is 21.1. The minimum Gasteiger partial charge on any atom is -0.325 e. The summed E-state index contributed by atoms with van der Waals surface area (Å²) in [5.41, 5.74) is 4.11. The van der Waals surface area contributed by atoms with Gasteiger partial charge in [-0.1, -0.05) is 42.5 Å². The molecule has 4 rings (SSSR count). The molecule has 0 aliphatic heterocycles. The van der Waals surface area contributed by atoms with E-state index < -0.39 is 5.82 Å². The van der Waals surface area contributed by atoms with Gasteiger partial charge in [0.1, 0.15) is 0 Å². The van der Waals surface area contributed by atoms with Gasteiger partial charge in [0.2, 0.25) is 11.7 Å². The summed E-state index contributed by atoms with van der Waals surface area (Å²) < 4.78 is 14.9. The Hall–Kier alpha value is -3.54. The SMILES string of the molecule is Cc1ccc(-c2cn3cc(F)cnc3n2)cc1NC(=O)C(C)c1ccccc1. The van der Waals surface area contributed by atoms with Crippen LogP contribution < -0.4 is 5.32 Å². The number of halogens is 1. The number of hydrogen-bond acceptors (Lipinski definition) is 3. The molecule has 2 heterocycles. The van der Waals surface area contributed by atoms with Gasteiger partial charge in [0.25, 0.3) is 0 Å². The maximum atomic E-state index is 13.4. The molecule has 0 saturated carbocycles. The largest absolute Gasteiger partial charge is 0.325 e. The van der Waals surface area contributed by atoms with Crippen LogP contribution in [0.25, 0.3) is 17.0 Å². The number of nitrogens with one attached hydrogen (secondary N) is 1. The van der Waals surface area contributed by atoms with Crippen molar-refractivity contribution in [1.29, 1.82) is 0 Å². The standard InChI is InChI=1S/C22H19FN4O/c1-14-8-9-17(20-13-27-12-18(23)11-24-22(27)26-20)10-19(14)25-21(28)15(2)16-6-4-3-5-7-16/h3-13,15H,1-2H3,(H,25,28). The third-order valence-corrected chi connectivity index (χ3v) is 4.76. The molecule has 4 aromatic rings. The van der Waals surface area contributed by atoms with E-state index in [2.05, 4.69) is 15.3 Å². The first-order chi connectivity index (χ1) is 13.5. The van der Waals surface area contributed by atoms with E-state index >= 15 is 0 Å². The molecule has 0 saturated heterocycles. The zero-order valence-corrected chi connectivity index (χ0v) is 15.6. The Bertz CT molecular complexity index is 1150. The number of aryl methyl sites for hydroxylation is 1. The molecule has 0 bridgehead atoms. The molecule has 1 unspecified atom stereocenters. The normalized spacial score (nSPS) is 12.1. The highest BCUT2D eigenvalue weighted by molar-refractivity contribution is 5.96. The summed E-state index contributed by atoms with van der Waals surface area (Å²) in [6, 6.07) is 15.4. The summed E-state index contributed by atoms with van der Waals surface area (Å²) in [5, 5.41) is 3.01. The van der Waals surface area contributed by atoms with Gasteiger partial charge in [0, 0.05) is 23.6 Å². The number of anilines is 1. The van der Waals surface area contributed by atoms with E-state index in [4.69, 9.17) is 0 Å². The minimum absolute atomic E-state index is 0.0785. The molecule has 0 fully saturated rings. The van der Waals surface area contributed by atoms with E-state index in [1.54, 1.807) is 10.6 Å². The lowest BCUT2D eigenvalue weighted by Crippen LogP contribution is -2.19. The lowest BCUT2D eigenvalue weighted by Gasteiger charge is -2.15. The predicted molar refractivity (Wildman–Crippen MR) is 107 cm³/mol. The molecule has 0 spiro atoms. The first-order valence-corrected chi connectivity index (χ1v) is 8.98. The number of nitrogens with zero attached hydrogens (tertiary/aromatic N) is 3. The van der Waals surface area contributed by atoms with Crippen LogP contribution in [0.5, 0.6) is 0 Å². The van der Waals surface area contributed by atoms with Crippen molar-refractivity contribution >= 4 is 17.4 Å². The van der Waals surface area contributed by atoms with Crippen LogP contribution in [-0.2, 0) is 4.79 Å². The highest BCUT2D eigenvalue weighted by atomic mass is 19.1. The van der Waals surface area contributed by atoms with Gasteiger partial charge in [-0.3, -0.25) is 9.20 Å². The van der Waals surface area contributed by atoms with Crippen molar-refractivity contribution in [3.63, 3.8) is 0 Å². The Morgan fingerprint density at radius 3 is 2.71 bits per heavy atom. The number of hydrogen-bond donors (Lipinski definition) is 1. The number of carbonyl (C=O) groups excluding carboxylic acids is 1. The first-order valence-electron chi connectivity index (χ1n) is 8.98. The molecule has 2 aromatic carbocycles. The molecule has 0 aliphatic rings. The third-order valence-electron chi connectivity index (χ3n) is 4.76. The predicted octanol–water partition coefficient (Wildman–Crippen LogP) is 4.59. The van der Waals surface area contributed by atoms with Crippen LogP contribution in [-0.4, -0.2) is 20.3 Å². The Balaban J connectivity index is 1.62. The minimum atomic E-state index is -0.428.